The van der Waals surface area contributed by atoms with E-state index in [-0.39, 0.29) is 6.04 Å². The van der Waals surface area contributed by atoms with Crippen molar-refractivity contribution in [2.45, 2.75) is 33.4 Å². The Kier molecular flexibility index (Phi) is 4.71. The molecule has 3 aromatic heterocycles. The first-order chi connectivity index (χ1) is 14.6. The average molecular weight is 403 g/mol. The van der Waals surface area contributed by atoms with Crippen LogP contribution in [0.2, 0.25) is 0 Å². The van der Waals surface area contributed by atoms with Crippen LogP contribution in [0.1, 0.15) is 34.3 Å². The summed E-state index contributed by atoms with van der Waals surface area (Å²) in [5, 5.41) is 9.27. The molecule has 0 N–H and O–H groups in total. The summed E-state index contributed by atoms with van der Waals surface area (Å²) in [6.45, 7) is 9.02. The molecule has 4 aromatic rings. The highest BCUT2D eigenvalue weighted by Crippen LogP contribution is 2.33. The summed E-state index contributed by atoms with van der Waals surface area (Å²) in [5.74, 6) is 1.60. The number of morpholine rings is 1. The van der Waals surface area contributed by atoms with E-state index in [0.717, 1.165) is 36.0 Å². The summed E-state index contributed by atoms with van der Waals surface area (Å²) in [4.78, 5) is 11.1. The molecule has 1 atom stereocenters. The Labute approximate surface area is 175 Å². The Hall–Kier alpha value is -3.26. The predicted octanol–water partition coefficient (Wildman–Crippen LogP) is 2.87. The summed E-state index contributed by atoms with van der Waals surface area (Å²) < 4.78 is 9.81. The molecule has 1 fully saturated rings. The molecule has 8 heteroatoms. The predicted molar refractivity (Wildman–Crippen MR) is 114 cm³/mol. The number of nitrogens with zero attached hydrogens (tertiary/aromatic N) is 7. The van der Waals surface area contributed by atoms with E-state index in [1.807, 2.05) is 17.5 Å². The fraction of sp³-hybridized carbons (Fsp3) is 0.364. The molecule has 5 rings (SSSR count). The lowest BCUT2D eigenvalue weighted by atomic mass is 10.0. The average Bonchev–Trinajstić information content (AvgIpc) is 3.32. The minimum atomic E-state index is 0.0532. The van der Waals surface area contributed by atoms with Crippen molar-refractivity contribution in [1.82, 2.24) is 29.4 Å². The van der Waals surface area contributed by atoms with Gasteiger partial charge in [0.1, 0.15) is 12.1 Å². The van der Waals surface area contributed by atoms with Crippen LogP contribution in [0.4, 0.5) is 5.82 Å². The quantitative estimate of drug-likeness (QED) is 0.522. The SMILES string of the molecule is Cc1cc(N2CCOC[C@@H]2c2c(C)nn(Cc3ccccc3)c2C)n2ncnc2n1. The molecule has 0 bridgehead atoms. The molecular formula is C22H25N7O. The van der Waals surface area contributed by atoms with Crippen LogP contribution < -0.4 is 4.90 Å². The van der Waals surface area contributed by atoms with Crippen molar-refractivity contribution < 1.29 is 4.74 Å². The van der Waals surface area contributed by atoms with Crippen LogP contribution >= 0.6 is 0 Å². The van der Waals surface area contributed by atoms with E-state index in [4.69, 9.17) is 9.84 Å². The van der Waals surface area contributed by atoms with Gasteiger partial charge in [0, 0.05) is 29.6 Å². The summed E-state index contributed by atoms with van der Waals surface area (Å²) in [6.07, 6.45) is 1.55. The summed E-state index contributed by atoms with van der Waals surface area (Å²) >= 11 is 0. The van der Waals surface area contributed by atoms with Gasteiger partial charge in [-0.1, -0.05) is 30.3 Å². The Morgan fingerprint density at radius 3 is 2.80 bits per heavy atom. The minimum absolute atomic E-state index is 0.0532. The van der Waals surface area contributed by atoms with Crippen molar-refractivity contribution in [3.63, 3.8) is 0 Å². The molecule has 1 saturated heterocycles. The van der Waals surface area contributed by atoms with E-state index in [0.29, 0.717) is 19.0 Å². The topological polar surface area (TPSA) is 73.4 Å². The Morgan fingerprint density at radius 1 is 1.13 bits per heavy atom. The third kappa shape index (κ3) is 3.23. The third-order valence-corrected chi connectivity index (χ3v) is 5.73. The van der Waals surface area contributed by atoms with Crippen molar-refractivity contribution >= 4 is 11.6 Å². The molecule has 1 aromatic carbocycles. The maximum absolute atomic E-state index is 5.91. The zero-order chi connectivity index (χ0) is 20.7. The number of hydrogen-bond acceptors (Lipinski definition) is 6. The van der Waals surface area contributed by atoms with Gasteiger partial charge in [-0.05, 0) is 26.3 Å². The van der Waals surface area contributed by atoms with Gasteiger partial charge in [-0.2, -0.15) is 19.7 Å². The molecule has 8 nitrogen and oxygen atoms in total. The number of anilines is 1. The molecule has 0 aliphatic carbocycles. The zero-order valence-electron chi connectivity index (χ0n) is 17.5. The van der Waals surface area contributed by atoms with Crippen LogP contribution in [0.3, 0.4) is 0 Å². The number of hydrogen-bond donors (Lipinski definition) is 0. The van der Waals surface area contributed by atoms with Crippen LogP contribution in [-0.4, -0.2) is 49.1 Å². The first-order valence-electron chi connectivity index (χ1n) is 10.2. The van der Waals surface area contributed by atoms with Crippen molar-refractivity contribution in [2.24, 2.45) is 0 Å². The van der Waals surface area contributed by atoms with E-state index in [2.05, 4.69) is 68.8 Å². The summed E-state index contributed by atoms with van der Waals surface area (Å²) in [5.41, 5.74) is 5.57. The lowest BCUT2D eigenvalue weighted by Crippen LogP contribution is -2.41. The zero-order valence-corrected chi connectivity index (χ0v) is 17.5. The molecule has 4 heterocycles. The van der Waals surface area contributed by atoms with E-state index in [9.17, 15) is 0 Å². The summed E-state index contributed by atoms with van der Waals surface area (Å²) in [6, 6.07) is 12.5. The molecule has 0 amide bonds. The van der Waals surface area contributed by atoms with E-state index in [1.54, 1.807) is 6.33 Å². The second-order valence-electron chi connectivity index (χ2n) is 7.74. The van der Waals surface area contributed by atoms with Crippen LogP contribution in [0, 0.1) is 20.8 Å². The smallest absolute Gasteiger partial charge is 0.254 e. The van der Waals surface area contributed by atoms with Crippen molar-refractivity contribution in [3.8, 4) is 0 Å². The van der Waals surface area contributed by atoms with E-state index in [1.165, 1.54) is 11.1 Å². The van der Waals surface area contributed by atoms with Crippen LogP contribution in [0.25, 0.3) is 5.78 Å². The number of rotatable bonds is 4. The highest BCUT2D eigenvalue weighted by molar-refractivity contribution is 5.51. The highest BCUT2D eigenvalue weighted by atomic mass is 16.5. The van der Waals surface area contributed by atoms with Crippen LogP contribution in [-0.2, 0) is 11.3 Å². The number of fused-ring (bicyclic) bond motifs is 1. The second-order valence-corrected chi connectivity index (χ2v) is 7.74. The first-order valence-corrected chi connectivity index (χ1v) is 10.2. The molecule has 30 heavy (non-hydrogen) atoms. The fourth-order valence-corrected chi connectivity index (χ4v) is 4.34. The van der Waals surface area contributed by atoms with Gasteiger partial charge in [0.2, 0.25) is 0 Å². The molecule has 0 saturated carbocycles. The van der Waals surface area contributed by atoms with Crippen molar-refractivity contribution in [1.29, 1.82) is 0 Å². The number of ether oxygens (including phenoxy) is 1. The van der Waals surface area contributed by atoms with Gasteiger partial charge in [-0.15, -0.1) is 0 Å². The molecule has 0 unspecified atom stereocenters. The molecule has 0 spiro atoms. The largest absolute Gasteiger partial charge is 0.377 e. The Morgan fingerprint density at radius 2 is 1.97 bits per heavy atom. The lowest BCUT2D eigenvalue weighted by Gasteiger charge is -2.37. The van der Waals surface area contributed by atoms with Crippen molar-refractivity contribution in [2.75, 3.05) is 24.7 Å². The van der Waals surface area contributed by atoms with E-state index >= 15 is 0 Å². The van der Waals surface area contributed by atoms with Crippen LogP contribution in [0.15, 0.2) is 42.7 Å². The van der Waals surface area contributed by atoms with Gasteiger partial charge in [-0.3, -0.25) is 4.68 Å². The van der Waals surface area contributed by atoms with Crippen LogP contribution in [0.5, 0.6) is 0 Å². The lowest BCUT2D eigenvalue weighted by molar-refractivity contribution is 0.0931. The number of aromatic nitrogens is 6. The minimum Gasteiger partial charge on any atom is -0.377 e. The molecule has 1 aliphatic heterocycles. The Balaban J connectivity index is 1.56. The van der Waals surface area contributed by atoms with Gasteiger partial charge < -0.3 is 9.64 Å². The van der Waals surface area contributed by atoms with E-state index < -0.39 is 0 Å². The monoisotopic (exact) mass is 403 g/mol. The Bertz CT molecular complexity index is 1180. The van der Waals surface area contributed by atoms with Gasteiger partial charge >= 0.3 is 0 Å². The second kappa shape index (κ2) is 7.53. The standard InChI is InChI=1S/C22H25N7O/c1-15-11-20(29-22(25-15)23-14-24-29)27-9-10-30-13-19(27)21-16(2)26-28(17(21)3)12-18-7-5-4-6-8-18/h4-8,11,14,19H,9-10,12-13H2,1-3H3/t19-/m1/s1. The third-order valence-electron chi connectivity index (χ3n) is 5.73. The highest BCUT2D eigenvalue weighted by Gasteiger charge is 2.31. The molecular weight excluding hydrogens is 378 g/mol. The van der Waals surface area contributed by atoms with Gasteiger partial charge in [0.05, 0.1) is 31.5 Å². The van der Waals surface area contributed by atoms with Gasteiger partial charge in [-0.25, -0.2) is 4.98 Å². The molecule has 0 radical (unpaired) electrons. The van der Waals surface area contributed by atoms with Crippen molar-refractivity contribution in [3.05, 3.63) is 70.9 Å². The normalized spacial score (nSPS) is 17.0. The maximum atomic E-state index is 5.91. The maximum Gasteiger partial charge on any atom is 0.254 e. The summed E-state index contributed by atoms with van der Waals surface area (Å²) in [7, 11) is 0. The molecule has 154 valence electrons. The fourth-order valence-electron chi connectivity index (χ4n) is 4.34. The van der Waals surface area contributed by atoms with Gasteiger partial charge in [0.15, 0.2) is 0 Å². The molecule has 1 aliphatic rings. The number of benzene rings is 1. The van der Waals surface area contributed by atoms with Gasteiger partial charge in [0.25, 0.3) is 5.78 Å². The number of aryl methyl sites for hydroxylation is 2. The first kappa shape index (κ1) is 18.7.